The molecule has 3 nitrogen and oxygen atoms in total. The molecule has 1 aliphatic heterocycles. The number of para-hydroxylation sites is 1. The Morgan fingerprint density at radius 2 is 0.962 bits per heavy atom. The van der Waals surface area contributed by atoms with Crippen molar-refractivity contribution in [2.75, 3.05) is 0 Å². The zero-order valence-corrected chi connectivity index (χ0v) is 28.1. The number of hydrogen-bond donors (Lipinski definition) is 0. The molecule has 0 radical (unpaired) electrons. The second-order valence-electron chi connectivity index (χ2n) is 13.7. The zero-order valence-electron chi connectivity index (χ0n) is 28.1. The number of ether oxygens (including phenoxy) is 1. The number of benzene rings is 8. The highest BCUT2D eigenvalue weighted by Crippen LogP contribution is 2.62. The average Bonchev–Trinajstić information content (AvgIpc) is 3.51. The second kappa shape index (κ2) is 11.1. The van der Waals surface area contributed by atoms with Crippen molar-refractivity contribution < 1.29 is 4.74 Å². The highest BCUT2D eigenvalue weighted by molar-refractivity contribution is 6.08. The number of nitrogens with zero attached hydrogens (tertiary/aromatic N) is 2. The molecule has 0 bridgehead atoms. The summed E-state index contributed by atoms with van der Waals surface area (Å²) in [5.74, 6) is 2.33. The van der Waals surface area contributed by atoms with Crippen LogP contribution in [-0.4, -0.2) is 9.97 Å². The van der Waals surface area contributed by atoms with Crippen molar-refractivity contribution >= 4 is 21.5 Å². The van der Waals surface area contributed by atoms with E-state index in [-0.39, 0.29) is 0 Å². The molecule has 0 amide bonds. The Hall–Kier alpha value is -6.84. The minimum Gasteiger partial charge on any atom is -0.457 e. The van der Waals surface area contributed by atoms with E-state index in [4.69, 9.17) is 14.7 Å². The summed E-state index contributed by atoms with van der Waals surface area (Å²) in [6.45, 7) is 0. The fraction of sp³-hybridized carbons (Fsp3) is 0.0204. The Morgan fingerprint density at radius 1 is 0.365 bits per heavy atom. The summed E-state index contributed by atoms with van der Waals surface area (Å²) in [7, 11) is 0. The van der Waals surface area contributed by atoms with Crippen LogP contribution in [0.4, 0.5) is 0 Å². The van der Waals surface area contributed by atoms with E-state index in [0.717, 1.165) is 50.7 Å². The summed E-state index contributed by atoms with van der Waals surface area (Å²) in [5.41, 5.74) is 11.6. The lowest BCUT2D eigenvalue weighted by molar-refractivity contribution is 0.436. The predicted molar refractivity (Wildman–Crippen MR) is 211 cm³/mol. The quantitative estimate of drug-likeness (QED) is 0.177. The van der Waals surface area contributed by atoms with Gasteiger partial charge in [-0.15, -0.1) is 0 Å². The van der Waals surface area contributed by atoms with E-state index in [0.29, 0.717) is 5.82 Å². The minimum atomic E-state index is -0.511. The Morgan fingerprint density at radius 3 is 1.77 bits per heavy atom. The van der Waals surface area contributed by atoms with Crippen molar-refractivity contribution in [1.82, 2.24) is 9.97 Å². The van der Waals surface area contributed by atoms with Crippen molar-refractivity contribution in [3.05, 3.63) is 204 Å². The molecule has 0 saturated carbocycles. The molecule has 0 unspecified atom stereocenters. The van der Waals surface area contributed by atoms with Gasteiger partial charge < -0.3 is 4.74 Å². The molecule has 2 aliphatic rings. The summed E-state index contributed by atoms with van der Waals surface area (Å²) in [6, 6.07) is 64.7. The number of fused-ring (bicyclic) bond motifs is 12. The first-order chi connectivity index (χ1) is 25.8. The van der Waals surface area contributed by atoms with Crippen LogP contribution < -0.4 is 4.74 Å². The van der Waals surface area contributed by atoms with Gasteiger partial charge in [0.05, 0.1) is 16.8 Å². The third-order valence-corrected chi connectivity index (χ3v) is 10.9. The average molecular weight is 663 g/mol. The van der Waals surface area contributed by atoms with Crippen molar-refractivity contribution in [1.29, 1.82) is 0 Å². The first-order valence-electron chi connectivity index (χ1n) is 17.7. The third kappa shape index (κ3) is 4.14. The van der Waals surface area contributed by atoms with E-state index in [1.807, 2.05) is 6.07 Å². The van der Waals surface area contributed by atoms with Crippen molar-refractivity contribution in [3.63, 3.8) is 0 Å². The topological polar surface area (TPSA) is 35.0 Å². The van der Waals surface area contributed by atoms with Crippen LogP contribution in [0.5, 0.6) is 11.5 Å². The Labute approximate surface area is 301 Å². The SMILES string of the molecule is c1ccc(-c2cc(-c3ccc4c(ccc5ccccc54)c3)nc(-c3ccc4c(c3)Oc3ccccc3C43c4ccccc4-c4ccccc43)n2)cc1. The lowest BCUT2D eigenvalue weighted by atomic mass is 9.66. The third-order valence-electron chi connectivity index (χ3n) is 10.9. The highest BCUT2D eigenvalue weighted by Gasteiger charge is 2.50. The normalized spacial score (nSPS) is 13.3. The Balaban J connectivity index is 1.11. The molecule has 52 heavy (non-hydrogen) atoms. The van der Waals surface area contributed by atoms with Crippen molar-refractivity contribution in [2.45, 2.75) is 5.41 Å². The fourth-order valence-electron chi connectivity index (χ4n) is 8.65. The van der Waals surface area contributed by atoms with E-state index in [1.165, 1.54) is 43.8 Å². The van der Waals surface area contributed by atoms with E-state index in [1.54, 1.807) is 0 Å². The lowest BCUT2D eigenvalue weighted by Crippen LogP contribution is -2.32. The summed E-state index contributed by atoms with van der Waals surface area (Å²) in [6.07, 6.45) is 0. The zero-order chi connectivity index (χ0) is 34.2. The number of aromatic nitrogens is 2. The van der Waals surface area contributed by atoms with E-state index in [2.05, 4.69) is 176 Å². The second-order valence-corrected chi connectivity index (χ2v) is 13.7. The van der Waals surface area contributed by atoms with Gasteiger partial charge >= 0.3 is 0 Å². The van der Waals surface area contributed by atoms with E-state index < -0.39 is 5.41 Å². The van der Waals surface area contributed by atoms with Crippen molar-refractivity contribution in [3.8, 4) is 56.5 Å². The molecule has 1 spiro atoms. The highest BCUT2D eigenvalue weighted by atomic mass is 16.5. The van der Waals surface area contributed by atoms with Crippen molar-refractivity contribution in [2.24, 2.45) is 0 Å². The van der Waals surface area contributed by atoms with Gasteiger partial charge in [0.25, 0.3) is 0 Å². The molecule has 242 valence electrons. The van der Waals surface area contributed by atoms with Gasteiger partial charge in [-0.2, -0.15) is 0 Å². The number of hydrogen-bond acceptors (Lipinski definition) is 3. The molecule has 9 aromatic rings. The molecule has 8 aromatic carbocycles. The molecule has 0 atom stereocenters. The summed E-state index contributed by atoms with van der Waals surface area (Å²) in [5, 5.41) is 4.90. The molecular formula is C49H30N2O. The van der Waals surface area contributed by atoms with Crippen LogP contribution in [0, 0.1) is 0 Å². The standard InChI is InChI=1S/C49H30N2O/c1-2-13-32(14-3-1)44-30-45(34-24-26-37-33(28-34)23-22-31-12-4-5-15-36(31)37)51-48(50-44)35-25-27-43-47(29-35)52-46-21-11-10-20-42(46)49(43)40-18-8-6-16-38(40)39-17-7-9-19-41(39)49/h1-30H. The van der Waals surface area contributed by atoms with Crippen LogP contribution in [0.15, 0.2) is 182 Å². The molecule has 0 saturated heterocycles. The lowest BCUT2D eigenvalue weighted by Gasteiger charge is -2.39. The van der Waals surface area contributed by atoms with Gasteiger partial charge in [0, 0.05) is 27.8 Å². The monoisotopic (exact) mass is 662 g/mol. The predicted octanol–water partition coefficient (Wildman–Crippen LogP) is 12.3. The maximum Gasteiger partial charge on any atom is 0.160 e. The summed E-state index contributed by atoms with van der Waals surface area (Å²) >= 11 is 0. The van der Waals surface area contributed by atoms with Gasteiger partial charge in [0.15, 0.2) is 5.82 Å². The van der Waals surface area contributed by atoms with E-state index in [9.17, 15) is 0 Å². The summed E-state index contributed by atoms with van der Waals surface area (Å²) in [4.78, 5) is 10.4. The van der Waals surface area contributed by atoms with E-state index >= 15 is 0 Å². The maximum atomic E-state index is 6.81. The van der Waals surface area contributed by atoms with Crippen LogP contribution in [0.25, 0.3) is 66.6 Å². The van der Waals surface area contributed by atoms with Crippen LogP contribution in [-0.2, 0) is 5.41 Å². The first-order valence-corrected chi connectivity index (χ1v) is 17.7. The molecular weight excluding hydrogens is 633 g/mol. The van der Waals surface area contributed by atoms with Crippen LogP contribution >= 0.6 is 0 Å². The molecule has 2 heterocycles. The fourth-order valence-corrected chi connectivity index (χ4v) is 8.65. The molecule has 11 rings (SSSR count). The van der Waals surface area contributed by atoms with Gasteiger partial charge in [0.1, 0.15) is 11.5 Å². The Kier molecular flexibility index (Phi) is 6.17. The molecule has 3 heteroatoms. The van der Waals surface area contributed by atoms with Gasteiger partial charge in [-0.3, -0.25) is 0 Å². The largest absolute Gasteiger partial charge is 0.457 e. The van der Waals surface area contributed by atoms with Gasteiger partial charge in [0.2, 0.25) is 0 Å². The van der Waals surface area contributed by atoms with Gasteiger partial charge in [-0.25, -0.2) is 9.97 Å². The van der Waals surface area contributed by atoms with Crippen LogP contribution in [0.2, 0.25) is 0 Å². The summed E-state index contributed by atoms with van der Waals surface area (Å²) < 4.78 is 6.81. The van der Waals surface area contributed by atoms with Crippen LogP contribution in [0.3, 0.4) is 0 Å². The minimum absolute atomic E-state index is 0.511. The smallest absolute Gasteiger partial charge is 0.160 e. The number of rotatable bonds is 3. The van der Waals surface area contributed by atoms with Gasteiger partial charge in [-0.1, -0.05) is 158 Å². The molecule has 1 aromatic heterocycles. The first kappa shape index (κ1) is 28.9. The molecule has 1 aliphatic carbocycles. The maximum absolute atomic E-state index is 6.81. The molecule has 0 fully saturated rings. The Bertz CT molecular complexity index is 2850. The molecule has 0 N–H and O–H groups in total. The van der Waals surface area contributed by atoms with Crippen LogP contribution in [0.1, 0.15) is 22.3 Å². The van der Waals surface area contributed by atoms with Gasteiger partial charge in [-0.05, 0) is 68.1 Å².